The lowest BCUT2D eigenvalue weighted by Crippen LogP contribution is -2.32. The van der Waals surface area contributed by atoms with Crippen LogP contribution in [0.1, 0.15) is 19.3 Å². The molecule has 2 N–H and O–H groups in total. The van der Waals surface area contributed by atoms with Crippen LogP contribution < -0.4 is 0 Å². The number of nitrogens with zero attached hydrogens (tertiary/aromatic N) is 1. The van der Waals surface area contributed by atoms with Crippen LogP contribution in [-0.4, -0.2) is 66.8 Å². The van der Waals surface area contributed by atoms with E-state index in [0.717, 1.165) is 12.8 Å². The van der Waals surface area contributed by atoms with Crippen molar-refractivity contribution in [2.75, 3.05) is 39.5 Å². The number of esters is 1. The molecule has 0 spiro atoms. The van der Waals surface area contributed by atoms with Gasteiger partial charge >= 0.3 is 5.97 Å². The molecule has 6 nitrogen and oxygen atoms in total. The summed E-state index contributed by atoms with van der Waals surface area (Å²) in [6, 6.07) is 0. The molecular weight excluding hydrogens is 226 g/mol. The number of rotatable bonds is 8. The van der Waals surface area contributed by atoms with Crippen LogP contribution in [0.4, 0.5) is 0 Å². The molecule has 0 aliphatic carbocycles. The highest BCUT2D eigenvalue weighted by molar-refractivity contribution is 5.69. The Morgan fingerprint density at radius 2 is 2.00 bits per heavy atom. The third-order valence-electron chi connectivity index (χ3n) is 2.62. The van der Waals surface area contributed by atoms with Crippen LogP contribution >= 0.6 is 0 Å². The SMILES string of the molecule is O=C(CCN(CCO)CCO)OC1CCCO1. The number of aliphatic hydroxyl groups excluding tert-OH is 2. The van der Waals surface area contributed by atoms with Crippen LogP contribution in [0.3, 0.4) is 0 Å². The van der Waals surface area contributed by atoms with Crippen molar-refractivity contribution in [3.8, 4) is 0 Å². The summed E-state index contributed by atoms with van der Waals surface area (Å²) in [5.41, 5.74) is 0. The Balaban J connectivity index is 2.15. The molecule has 1 rings (SSSR count). The molecule has 1 aliphatic rings. The van der Waals surface area contributed by atoms with Gasteiger partial charge < -0.3 is 19.7 Å². The fraction of sp³-hybridized carbons (Fsp3) is 0.909. The van der Waals surface area contributed by atoms with Crippen molar-refractivity contribution in [1.82, 2.24) is 4.90 Å². The van der Waals surface area contributed by atoms with Gasteiger partial charge in [-0.1, -0.05) is 0 Å². The Kier molecular flexibility index (Phi) is 7.11. The quantitative estimate of drug-likeness (QED) is 0.555. The van der Waals surface area contributed by atoms with E-state index in [0.29, 0.717) is 26.2 Å². The van der Waals surface area contributed by atoms with Gasteiger partial charge in [0.05, 0.1) is 26.2 Å². The molecule has 1 heterocycles. The summed E-state index contributed by atoms with van der Waals surface area (Å²) in [5.74, 6) is -0.294. The van der Waals surface area contributed by atoms with Gasteiger partial charge in [-0.2, -0.15) is 0 Å². The van der Waals surface area contributed by atoms with Gasteiger partial charge in [0, 0.05) is 26.1 Å². The van der Waals surface area contributed by atoms with Crippen molar-refractivity contribution in [3.63, 3.8) is 0 Å². The molecule has 17 heavy (non-hydrogen) atoms. The van der Waals surface area contributed by atoms with Crippen LogP contribution in [0, 0.1) is 0 Å². The van der Waals surface area contributed by atoms with E-state index >= 15 is 0 Å². The number of carbonyl (C=O) groups is 1. The van der Waals surface area contributed by atoms with E-state index in [1.165, 1.54) is 0 Å². The summed E-state index contributed by atoms with van der Waals surface area (Å²) >= 11 is 0. The molecule has 0 bridgehead atoms. The molecule has 1 unspecified atom stereocenters. The van der Waals surface area contributed by atoms with Crippen LogP contribution in [0.5, 0.6) is 0 Å². The second-order valence-corrected chi connectivity index (χ2v) is 3.97. The standard InChI is InChI=1S/C11H21NO5/c13-7-5-12(6-8-14)4-3-10(15)17-11-2-1-9-16-11/h11,13-14H,1-9H2. The first kappa shape index (κ1) is 14.4. The molecule has 0 aromatic carbocycles. The second-order valence-electron chi connectivity index (χ2n) is 3.97. The highest BCUT2D eigenvalue weighted by Crippen LogP contribution is 2.13. The number of aliphatic hydroxyl groups is 2. The Bertz CT molecular complexity index is 212. The molecule has 0 aromatic heterocycles. The number of ether oxygens (including phenoxy) is 2. The summed E-state index contributed by atoms with van der Waals surface area (Å²) in [6.45, 7) is 2.06. The smallest absolute Gasteiger partial charge is 0.309 e. The Morgan fingerprint density at radius 3 is 2.53 bits per heavy atom. The molecule has 0 radical (unpaired) electrons. The van der Waals surface area contributed by atoms with Crippen molar-refractivity contribution >= 4 is 5.97 Å². The van der Waals surface area contributed by atoms with Crippen LogP contribution in [0.2, 0.25) is 0 Å². The maximum atomic E-state index is 11.5. The van der Waals surface area contributed by atoms with Gasteiger partial charge in [-0.05, 0) is 6.42 Å². The average Bonchev–Trinajstić information content (AvgIpc) is 2.79. The Hall–Kier alpha value is -0.690. The molecule has 6 heteroatoms. The van der Waals surface area contributed by atoms with Gasteiger partial charge in [-0.15, -0.1) is 0 Å². The first-order valence-electron chi connectivity index (χ1n) is 6.01. The van der Waals surface area contributed by atoms with E-state index in [9.17, 15) is 4.79 Å². The first-order valence-corrected chi connectivity index (χ1v) is 6.01. The van der Waals surface area contributed by atoms with Crippen molar-refractivity contribution in [1.29, 1.82) is 0 Å². The average molecular weight is 247 g/mol. The lowest BCUT2D eigenvalue weighted by Gasteiger charge is -2.19. The molecule has 0 amide bonds. The number of hydrogen-bond acceptors (Lipinski definition) is 6. The van der Waals surface area contributed by atoms with Crippen molar-refractivity contribution in [2.45, 2.75) is 25.6 Å². The summed E-state index contributed by atoms with van der Waals surface area (Å²) in [7, 11) is 0. The summed E-state index contributed by atoms with van der Waals surface area (Å²) in [4.78, 5) is 13.3. The van der Waals surface area contributed by atoms with E-state index < -0.39 is 0 Å². The molecule has 1 aliphatic heterocycles. The molecule has 1 atom stereocenters. The fourth-order valence-electron chi connectivity index (χ4n) is 1.71. The van der Waals surface area contributed by atoms with Gasteiger partial charge in [0.2, 0.25) is 6.29 Å². The van der Waals surface area contributed by atoms with E-state index in [-0.39, 0.29) is 31.9 Å². The topological polar surface area (TPSA) is 79.2 Å². The fourth-order valence-corrected chi connectivity index (χ4v) is 1.71. The highest BCUT2D eigenvalue weighted by Gasteiger charge is 2.19. The zero-order valence-corrected chi connectivity index (χ0v) is 10.0. The van der Waals surface area contributed by atoms with Gasteiger partial charge in [0.15, 0.2) is 0 Å². The van der Waals surface area contributed by atoms with Gasteiger partial charge in [0.1, 0.15) is 0 Å². The van der Waals surface area contributed by atoms with Crippen molar-refractivity contribution in [3.05, 3.63) is 0 Å². The van der Waals surface area contributed by atoms with E-state index in [2.05, 4.69) is 0 Å². The molecule has 0 aromatic rings. The highest BCUT2D eigenvalue weighted by atomic mass is 16.7. The molecule has 1 saturated heterocycles. The summed E-state index contributed by atoms with van der Waals surface area (Å²) in [5, 5.41) is 17.6. The minimum atomic E-state index is -0.383. The van der Waals surface area contributed by atoms with Gasteiger partial charge in [-0.25, -0.2) is 0 Å². The third kappa shape index (κ3) is 5.97. The van der Waals surface area contributed by atoms with Crippen LogP contribution in [-0.2, 0) is 14.3 Å². The lowest BCUT2D eigenvalue weighted by molar-refractivity contribution is -0.170. The zero-order valence-electron chi connectivity index (χ0n) is 10.0. The van der Waals surface area contributed by atoms with E-state index in [1.807, 2.05) is 4.90 Å². The normalized spacial score (nSPS) is 19.8. The van der Waals surface area contributed by atoms with Gasteiger partial charge in [0.25, 0.3) is 0 Å². The van der Waals surface area contributed by atoms with E-state index in [4.69, 9.17) is 19.7 Å². The lowest BCUT2D eigenvalue weighted by atomic mass is 10.3. The Morgan fingerprint density at radius 1 is 1.29 bits per heavy atom. The monoisotopic (exact) mass is 247 g/mol. The number of hydrogen-bond donors (Lipinski definition) is 2. The maximum absolute atomic E-state index is 11.5. The first-order chi connectivity index (χ1) is 8.26. The second kappa shape index (κ2) is 8.41. The molecule has 0 saturated carbocycles. The molecule has 100 valence electrons. The largest absolute Gasteiger partial charge is 0.436 e. The predicted molar refractivity (Wildman–Crippen MR) is 60.3 cm³/mol. The third-order valence-corrected chi connectivity index (χ3v) is 2.62. The molecular formula is C11H21NO5. The Labute approximate surface area is 101 Å². The minimum absolute atomic E-state index is 0.0147. The van der Waals surface area contributed by atoms with Crippen LogP contribution in [0.15, 0.2) is 0 Å². The zero-order chi connectivity index (χ0) is 12.5. The predicted octanol–water partition coefficient (Wildman–Crippen LogP) is -0.657. The van der Waals surface area contributed by atoms with Crippen LogP contribution in [0.25, 0.3) is 0 Å². The van der Waals surface area contributed by atoms with Crippen molar-refractivity contribution < 1.29 is 24.5 Å². The van der Waals surface area contributed by atoms with Gasteiger partial charge in [-0.3, -0.25) is 9.69 Å². The maximum Gasteiger partial charge on any atom is 0.309 e. The summed E-state index contributed by atoms with van der Waals surface area (Å²) < 4.78 is 10.3. The number of carbonyl (C=O) groups excluding carboxylic acids is 1. The van der Waals surface area contributed by atoms with E-state index in [1.54, 1.807) is 0 Å². The van der Waals surface area contributed by atoms with Crippen molar-refractivity contribution in [2.24, 2.45) is 0 Å². The minimum Gasteiger partial charge on any atom is -0.436 e. The molecule has 1 fully saturated rings. The summed E-state index contributed by atoms with van der Waals surface area (Å²) in [6.07, 6.45) is 1.56.